The quantitative estimate of drug-likeness (QED) is 0.817. The first-order valence-electron chi connectivity index (χ1n) is 5.44. The van der Waals surface area contributed by atoms with E-state index in [2.05, 4.69) is 15.4 Å². The average Bonchev–Trinajstić information content (AvgIpc) is 2.86. The largest absolute Gasteiger partial charge is 0.481 e. The van der Waals surface area contributed by atoms with Crippen molar-refractivity contribution >= 4 is 0 Å². The zero-order valence-electron chi connectivity index (χ0n) is 10.3. The number of nitrogens with zero attached hydrogens (tertiary/aromatic N) is 4. The molecule has 0 aliphatic carbocycles. The normalized spacial score (nSPS) is 10.8. The molecule has 0 saturated heterocycles. The number of imidazole rings is 1. The molecule has 0 fully saturated rings. The minimum Gasteiger partial charge on any atom is -0.481 e. The summed E-state index contributed by atoms with van der Waals surface area (Å²) in [7, 11) is 5.48. The zero-order valence-corrected chi connectivity index (χ0v) is 10.3. The molecule has 2 aromatic heterocycles. The molecular weight excluding hydrogens is 218 g/mol. The lowest BCUT2D eigenvalue weighted by atomic mass is 10.4. The standard InChI is InChI=1S/C11H17N5O/c1-15-5-4-13-10(15)8-12-7-9-6-11(17-3)16(2)14-9/h4-6,12H,7-8H2,1-3H3. The number of ether oxygens (including phenoxy) is 1. The molecule has 0 aliphatic rings. The highest BCUT2D eigenvalue weighted by Gasteiger charge is 2.05. The van der Waals surface area contributed by atoms with Gasteiger partial charge in [0.15, 0.2) is 0 Å². The van der Waals surface area contributed by atoms with Crippen LogP contribution < -0.4 is 10.1 Å². The maximum absolute atomic E-state index is 5.15. The molecule has 1 N–H and O–H groups in total. The molecule has 2 rings (SSSR count). The third-order valence-corrected chi connectivity index (χ3v) is 2.61. The summed E-state index contributed by atoms with van der Waals surface area (Å²) in [5.74, 6) is 1.77. The van der Waals surface area contributed by atoms with Crippen LogP contribution in [0.3, 0.4) is 0 Å². The van der Waals surface area contributed by atoms with Gasteiger partial charge < -0.3 is 14.6 Å². The monoisotopic (exact) mass is 235 g/mol. The fourth-order valence-electron chi connectivity index (χ4n) is 1.65. The Morgan fingerprint density at radius 2 is 2.18 bits per heavy atom. The van der Waals surface area contributed by atoms with Crippen molar-refractivity contribution in [1.29, 1.82) is 0 Å². The first-order valence-corrected chi connectivity index (χ1v) is 5.44. The molecule has 2 aromatic rings. The molecule has 0 amide bonds. The van der Waals surface area contributed by atoms with E-state index in [-0.39, 0.29) is 0 Å². The van der Waals surface area contributed by atoms with Crippen molar-refractivity contribution in [2.24, 2.45) is 14.1 Å². The van der Waals surface area contributed by atoms with Gasteiger partial charge in [0, 0.05) is 39.1 Å². The third-order valence-electron chi connectivity index (χ3n) is 2.61. The number of aryl methyl sites for hydroxylation is 2. The van der Waals surface area contributed by atoms with Gasteiger partial charge in [-0.1, -0.05) is 0 Å². The minimum atomic E-state index is 0.698. The molecule has 0 unspecified atom stereocenters. The summed E-state index contributed by atoms with van der Waals surface area (Å²) in [6.45, 7) is 1.42. The van der Waals surface area contributed by atoms with Crippen molar-refractivity contribution in [1.82, 2.24) is 24.6 Å². The number of nitrogens with one attached hydrogen (secondary N) is 1. The average molecular weight is 235 g/mol. The molecule has 0 spiro atoms. The second kappa shape index (κ2) is 5.01. The van der Waals surface area contributed by atoms with Gasteiger partial charge in [-0.2, -0.15) is 5.10 Å². The Morgan fingerprint density at radius 1 is 1.35 bits per heavy atom. The Bertz CT molecular complexity index is 488. The van der Waals surface area contributed by atoms with Crippen molar-refractivity contribution < 1.29 is 4.74 Å². The molecule has 0 saturated carbocycles. The van der Waals surface area contributed by atoms with E-state index in [4.69, 9.17) is 4.74 Å². The Hall–Kier alpha value is -1.82. The lowest BCUT2D eigenvalue weighted by molar-refractivity contribution is 0.373. The number of methoxy groups -OCH3 is 1. The van der Waals surface area contributed by atoms with Gasteiger partial charge in [0.05, 0.1) is 19.3 Å². The molecule has 6 nitrogen and oxygen atoms in total. The van der Waals surface area contributed by atoms with Crippen LogP contribution in [0.4, 0.5) is 0 Å². The van der Waals surface area contributed by atoms with Crippen molar-refractivity contribution in [3.63, 3.8) is 0 Å². The Morgan fingerprint density at radius 3 is 2.76 bits per heavy atom. The van der Waals surface area contributed by atoms with Gasteiger partial charge in [-0.25, -0.2) is 9.67 Å². The molecule has 6 heteroatoms. The molecule has 2 heterocycles. The third kappa shape index (κ3) is 2.65. The van der Waals surface area contributed by atoms with E-state index in [1.54, 1.807) is 18.0 Å². The lowest BCUT2D eigenvalue weighted by Gasteiger charge is -2.02. The number of hydrogen-bond acceptors (Lipinski definition) is 4. The smallest absolute Gasteiger partial charge is 0.211 e. The van der Waals surface area contributed by atoms with Crippen LogP contribution in [0.15, 0.2) is 18.5 Å². The van der Waals surface area contributed by atoms with Gasteiger partial charge in [-0.05, 0) is 0 Å². The summed E-state index contributed by atoms with van der Waals surface area (Å²) in [5, 5.41) is 7.62. The first kappa shape index (κ1) is 11.7. The number of aromatic nitrogens is 4. The highest BCUT2D eigenvalue weighted by Crippen LogP contribution is 2.10. The van der Waals surface area contributed by atoms with Gasteiger partial charge in [0.25, 0.3) is 0 Å². The summed E-state index contributed by atoms with van der Waals surface area (Å²) in [4.78, 5) is 4.24. The van der Waals surface area contributed by atoms with Crippen LogP contribution in [-0.2, 0) is 27.2 Å². The molecular formula is C11H17N5O. The second-order valence-corrected chi connectivity index (χ2v) is 3.86. The Labute approximate surface area is 100 Å². The maximum atomic E-state index is 5.15. The lowest BCUT2D eigenvalue weighted by Crippen LogP contribution is -2.16. The predicted octanol–water partition coefficient (Wildman–Crippen LogP) is 0.452. The van der Waals surface area contributed by atoms with E-state index >= 15 is 0 Å². The van der Waals surface area contributed by atoms with Crippen LogP contribution in [0.25, 0.3) is 0 Å². The van der Waals surface area contributed by atoms with Gasteiger partial charge in [-0.3, -0.25) is 0 Å². The van der Waals surface area contributed by atoms with Crippen molar-refractivity contribution in [3.05, 3.63) is 30.0 Å². The summed E-state index contributed by atoms with van der Waals surface area (Å²) < 4.78 is 8.87. The van der Waals surface area contributed by atoms with Gasteiger partial charge in [-0.15, -0.1) is 0 Å². The maximum Gasteiger partial charge on any atom is 0.211 e. The first-order chi connectivity index (χ1) is 8.20. The zero-order chi connectivity index (χ0) is 12.3. The van der Waals surface area contributed by atoms with Crippen molar-refractivity contribution in [2.45, 2.75) is 13.1 Å². The fourth-order valence-corrected chi connectivity index (χ4v) is 1.65. The number of rotatable bonds is 5. The molecule has 17 heavy (non-hydrogen) atoms. The molecule has 92 valence electrons. The highest BCUT2D eigenvalue weighted by atomic mass is 16.5. The summed E-state index contributed by atoms with van der Waals surface area (Å²) >= 11 is 0. The number of hydrogen-bond donors (Lipinski definition) is 1. The molecule has 0 bridgehead atoms. The molecule has 0 radical (unpaired) electrons. The molecule has 0 atom stereocenters. The van der Waals surface area contributed by atoms with E-state index in [0.717, 1.165) is 23.9 Å². The van der Waals surface area contributed by atoms with Gasteiger partial charge in [0.2, 0.25) is 5.88 Å². The van der Waals surface area contributed by atoms with E-state index < -0.39 is 0 Å². The van der Waals surface area contributed by atoms with Crippen molar-refractivity contribution in [2.75, 3.05) is 7.11 Å². The highest BCUT2D eigenvalue weighted by molar-refractivity contribution is 5.15. The van der Waals surface area contributed by atoms with E-state index in [0.29, 0.717) is 6.54 Å². The van der Waals surface area contributed by atoms with Crippen LogP contribution in [0, 0.1) is 0 Å². The van der Waals surface area contributed by atoms with Crippen LogP contribution in [0.5, 0.6) is 5.88 Å². The fraction of sp³-hybridized carbons (Fsp3) is 0.455. The molecule has 0 aromatic carbocycles. The van der Waals surface area contributed by atoms with Crippen LogP contribution in [-0.4, -0.2) is 26.4 Å². The van der Waals surface area contributed by atoms with E-state index in [1.165, 1.54) is 0 Å². The van der Waals surface area contributed by atoms with Crippen molar-refractivity contribution in [3.8, 4) is 5.88 Å². The minimum absolute atomic E-state index is 0.698. The Balaban J connectivity index is 1.88. The summed E-state index contributed by atoms with van der Waals surface area (Å²) in [6, 6.07) is 1.92. The second-order valence-electron chi connectivity index (χ2n) is 3.86. The Kier molecular flexibility index (Phi) is 3.43. The molecule has 0 aliphatic heterocycles. The van der Waals surface area contributed by atoms with E-state index in [1.807, 2.05) is 30.9 Å². The van der Waals surface area contributed by atoms with Crippen LogP contribution in [0.1, 0.15) is 11.5 Å². The van der Waals surface area contributed by atoms with Crippen LogP contribution >= 0.6 is 0 Å². The SMILES string of the molecule is COc1cc(CNCc2nccn2C)nn1C. The van der Waals surface area contributed by atoms with E-state index in [9.17, 15) is 0 Å². The van der Waals surface area contributed by atoms with Gasteiger partial charge in [0.1, 0.15) is 5.82 Å². The summed E-state index contributed by atoms with van der Waals surface area (Å²) in [6.07, 6.45) is 3.72. The van der Waals surface area contributed by atoms with Crippen LogP contribution in [0.2, 0.25) is 0 Å². The summed E-state index contributed by atoms with van der Waals surface area (Å²) in [5.41, 5.74) is 0.957. The van der Waals surface area contributed by atoms with Gasteiger partial charge >= 0.3 is 0 Å². The predicted molar refractivity (Wildman–Crippen MR) is 63.5 cm³/mol. The topological polar surface area (TPSA) is 56.9 Å².